The molecule has 0 fully saturated rings. The molecule has 1 heterocycles. The fraction of sp³-hybridized carbons (Fsp3) is 0.483. The zero-order valence-corrected chi connectivity index (χ0v) is 23.8. The van der Waals surface area contributed by atoms with Gasteiger partial charge in [0.25, 0.3) is 5.91 Å². The molecule has 1 aromatic heterocycles. The highest BCUT2D eigenvalue weighted by molar-refractivity contribution is 6.08. The fourth-order valence-corrected chi connectivity index (χ4v) is 4.19. The quantitative estimate of drug-likeness (QED) is 0.167. The van der Waals surface area contributed by atoms with Crippen LogP contribution in [0.1, 0.15) is 64.2 Å². The highest BCUT2D eigenvalue weighted by Crippen LogP contribution is 2.18. The molecular weight excluding hydrogens is 514 g/mol. The van der Waals surface area contributed by atoms with Gasteiger partial charge in [-0.1, -0.05) is 52.0 Å². The smallest absolute Gasteiger partial charge is 0.330 e. The summed E-state index contributed by atoms with van der Waals surface area (Å²) in [6.07, 6.45) is 4.72. The second-order valence-corrected chi connectivity index (χ2v) is 10.4. The van der Waals surface area contributed by atoms with E-state index in [-0.39, 0.29) is 31.3 Å². The number of carbonyl (C=O) groups excluding carboxylic acids is 5. The second kappa shape index (κ2) is 15.4. The van der Waals surface area contributed by atoms with Crippen LogP contribution in [0.5, 0.6) is 0 Å². The van der Waals surface area contributed by atoms with Crippen molar-refractivity contribution in [2.75, 3.05) is 6.61 Å². The molecule has 0 saturated heterocycles. The Morgan fingerprint density at radius 2 is 1.70 bits per heavy atom. The molecule has 0 aliphatic carbocycles. The number of para-hydroxylation sites is 1. The number of rotatable bonds is 15. The molecule has 11 nitrogen and oxygen atoms in total. The maximum Gasteiger partial charge on any atom is 0.330 e. The molecule has 0 unspecified atom stereocenters. The van der Waals surface area contributed by atoms with Crippen molar-refractivity contribution in [2.24, 2.45) is 17.6 Å². The number of hydrogen-bond donors (Lipinski definition) is 5. The number of hydrogen-bond acceptors (Lipinski definition) is 6. The monoisotopic (exact) mass is 555 g/mol. The summed E-state index contributed by atoms with van der Waals surface area (Å²) >= 11 is 0. The zero-order valence-electron chi connectivity index (χ0n) is 23.8. The molecule has 2 rings (SSSR count). The van der Waals surface area contributed by atoms with Gasteiger partial charge in [0.05, 0.1) is 12.2 Å². The summed E-state index contributed by atoms with van der Waals surface area (Å²) < 4.78 is 4.91. The summed E-state index contributed by atoms with van der Waals surface area (Å²) in [7, 11) is 0. The number of aromatic amines is 1. The van der Waals surface area contributed by atoms with E-state index in [9.17, 15) is 24.0 Å². The first kappa shape index (κ1) is 32.1. The molecule has 0 saturated carbocycles. The number of nitrogens with one attached hydrogen (secondary N) is 4. The molecule has 6 N–H and O–H groups in total. The minimum Gasteiger partial charge on any atom is -0.463 e. The number of ether oxygens (including phenoxy) is 1. The predicted octanol–water partition coefficient (Wildman–Crippen LogP) is 2.32. The lowest BCUT2D eigenvalue weighted by atomic mass is 10.0. The van der Waals surface area contributed by atoms with Crippen LogP contribution in [0.25, 0.3) is 10.9 Å². The van der Waals surface area contributed by atoms with E-state index in [2.05, 4.69) is 20.9 Å². The average Bonchev–Trinajstić information content (AvgIpc) is 3.32. The highest BCUT2D eigenvalue weighted by Gasteiger charge is 2.30. The SMILES string of the molecule is CCOC(=O)/C=C/[C@H](CC(C)C)NC(=O)[C@H](CCC(N)=O)NC(=O)[C@@H](NC(=O)c1c[nH]c2ccccc12)C(C)C. The predicted molar refractivity (Wildman–Crippen MR) is 152 cm³/mol. The van der Waals surface area contributed by atoms with E-state index in [0.717, 1.165) is 5.52 Å². The van der Waals surface area contributed by atoms with E-state index in [0.29, 0.717) is 17.4 Å². The largest absolute Gasteiger partial charge is 0.463 e. The number of benzene rings is 1. The molecule has 0 aliphatic rings. The minimum atomic E-state index is -1.10. The van der Waals surface area contributed by atoms with Crippen LogP contribution in [0.15, 0.2) is 42.6 Å². The van der Waals surface area contributed by atoms with Crippen LogP contribution in [-0.4, -0.2) is 59.3 Å². The number of carbonyl (C=O) groups is 5. The molecule has 2 aromatic rings. The molecule has 0 spiro atoms. The molecule has 3 atom stereocenters. The van der Waals surface area contributed by atoms with Crippen molar-refractivity contribution in [2.45, 2.75) is 72.0 Å². The molecule has 11 heteroatoms. The van der Waals surface area contributed by atoms with Crippen LogP contribution in [-0.2, 0) is 23.9 Å². The van der Waals surface area contributed by atoms with Crippen LogP contribution in [0.4, 0.5) is 0 Å². The molecule has 0 bridgehead atoms. The number of nitrogens with two attached hydrogens (primary N) is 1. The van der Waals surface area contributed by atoms with Crippen LogP contribution in [0, 0.1) is 11.8 Å². The Kier molecular flexibility index (Phi) is 12.4. The van der Waals surface area contributed by atoms with Crippen molar-refractivity contribution in [3.05, 3.63) is 48.2 Å². The Morgan fingerprint density at radius 3 is 2.33 bits per heavy atom. The average molecular weight is 556 g/mol. The zero-order chi connectivity index (χ0) is 29.8. The van der Waals surface area contributed by atoms with E-state index in [1.807, 2.05) is 32.0 Å². The van der Waals surface area contributed by atoms with Gasteiger partial charge in [0.1, 0.15) is 12.1 Å². The van der Waals surface area contributed by atoms with Crippen LogP contribution in [0.2, 0.25) is 0 Å². The van der Waals surface area contributed by atoms with Crippen LogP contribution < -0.4 is 21.7 Å². The first-order valence-electron chi connectivity index (χ1n) is 13.5. The lowest BCUT2D eigenvalue weighted by Gasteiger charge is -2.26. The van der Waals surface area contributed by atoms with Gasteiger partial charge in [-0.2, -0.15) is 0 Å². The third-order valence-corrected chi connectivity index (χ3v) is 6.19. The minimum absolute atomic E-state index is 0.0376. The summed E-state index contributed by atoms with van der Waals surface area (Å²) in [5.74, 6) is -2.84. The summed E-state index contributed by atoms with van der Waals surface area (Å²) in [5, 5.41) is 9.01. The van der Waals surface area contributed by atoms with Crippen molar-refractivity contribution < 1.29 is 28.7 Å². The fourth-order valence-electron chi connectivity index (χ4n) is 4.19. The van der Waals surface area contributed by atoms with E-state index >= 15 is 0 Å². The van der Waals surface area contributed by atoms with E-state index < -0.39 is 47.7 Å². The first-order chi connectivity index (χ1) is 18.9. The Labute approximate surface area is 234 Å². The standard InChI is InChI=1S/C29H41N5O6/c1-6-40-25(36)14-11-19(15-17(2)3)32-28(38)23(12-13-24(30)35)33-29(39)26(18(4)5)34-27(37)21-16-31-22-10-8-7-9-20(21)22/h7-11,14,16-19,23,26,31H,6,12-13,15H2,1-5H3,(H2,30,35)(H,32,38)(H,33,39)(H,34,37)/b14-11+/t19-,23+,26+/m1/s1. The Hall–Kier alpha value is -4.15. The second-order valence-electron chi connectivity index (χ2n) is 10.4. The van der Waals surface area contributed by atoms with Crippen molar-refractivity contribution in [3.8, 4) is 0 Å². The molecule has 0 aliphatic heterocycles. The molecular formula is C29H41N5O6. The normalized spacial score (nSPS) is 13.7. The van der Waals surface area contributed by atoms with E-state index in [4.69, 9.17) is 10.5 Å². The van der Waals surface area contributed by atoms with Gasteiger partial charge >= 0.3 is 5.97 Å². The lowest BCUT2D eigenvalue weighted by Crippen LogP contribution is -2.56. The number of H-pyrrole nitrogens is 1. The number of aromatic nitrogens is 1. The number of primary amides is 1. The summed E-state index contributed by atoms with van der Waals surface area (Å²) in [5.41, 5.74) is 6.49. The molecule has 4 amide bonds. The van der Waals surface area contributed by atoms with Crippen LogP contribution >= 0.6 is 0 Å². The highest BCUT2D eigenvalue weighted by atomic mass is 16.5. The van der Waals surface area contributed by atoms with Gasteiger partial charge < -0.3 is 31.4 Å². The summed E-state index contributed by atoms with van der Waals surface area (Å²) in [6.45, 7) is 9.40. The van der Waals surface area contributed by atoms with E-state index in [1.54, 1.807) is 39.1 Å². The van der Waals surface area contributed by atoms with Crippen molar-refractivity contribution in [1.29, 1.82) is 0 Å². The molecule has 1 aromatic carbocycles. The van der Waals surface area contributed by atoms with Crippen molar-refractivity contribution >= 4 is 40.5 Å². The van der Waals surface area contributed by atoms with E-state index in [1.165, 1.54) is 6.08 Å². The molecule has 218 valence electrons. The third-order valence-electron chi connectivity index (χ3n) is 6.19. The maximum absolute atomic E-state index is 13.4. The Balaban J connectivity index is 2.20. The number of esters is 1. The third kappa shape index (κ3) is 9.87. The van der Waals surface area contributed by atoms with Gasteiger partial charge in [-0.3, -0.25) is 19.2 Å². The van der Waals surface area contributed by atoms with Gasteiger partial charge in [-0.15, -0.1) is 0 Å². The molecule has 0 radical (unpaired) electrons. The van der Waals surface area contributed by atoms with Crippen molar-refractivity contribution in [1.82, 2.24) is 20.9 Å². The molecule has 40 heavy (non-hydrogen) atoms. The number of amides is 4. The summed E-state index contributed by atoms with van der Waals surface area (Å²) in [4.78, 5) is 66.1. The number of fused-ring (bicyclic) bond motifs is 1. The van der Waals surface area contributed by atoms with Gasteiger partial charge in [-0.05, 0) is 37.7 Å². The maximum atomic E-state index is 13.4. The van der Waals surface area contributed by atoms with Gasteiger partial charge in [0, 0.05) is 35.6 Å². The topological polar surface area (TPSA) is 172 Å². The van der Waals surface area contributed by atoms with Gasteiger partial charge in [0.2, 0.25) is 17.7 Å². The summed E-state index contributed by atoms with van der Waals surface area (Å²) in [6, 6.07) is 4.73. The Morgan fingerprint density at radius 1 is 1.00 bits per heavy atom. The lowest BCUT2D eigenvalue weighted by molar-refractivity contribution is -0.137. The van der Waals surface area contributed by atoms with Crippen LogP contribution in [0.3, 0.4) is 0 Å². The van der Waals surface area contributed by atoms with Crippen molar-refractivity contribution in [3.63, 3.8) is 0 Å². The first-order valence-corrected chi connectivity index (χ1v) is 13.5. The Bertz CT molecular complexity index is 1220. The van der Waals surface area contributed by atoms with Gasteiger partial charge in [0.15, 0.2) is 0 Å². The van der Waals surface area contributed by atoms with Gasteiger partial charge in [-0.25, -0.2) is 4.79 Å².